The molecule has 0 spiro atoms. The van der Waals surface area contributed by atoms with E-state index in [0.717, 1.165) is 0 Å². The first-order valence-electron chi connectivity index (χ1n) is 5.82. The van der Waals surface area contributed by atoms with Gasteiger partial charge in [-0.15, -0.1) is 0 Å². The Labute approximate surface area is 113 Å². The van der Waals surface area contributed by atoms with Crippen LogP contribution in [0.15, 0.2) is 53.1 Å². The number of carboxylic acids is 1. The largest absolute Gasteiger partial charge is 0.508 e. The maximum atomic E-state index is 11.1. The fourth-order valence-electron chi connectivity index (χ4n) is 1.91. The number of rotatable bonds is 3. The number of aromatic nitrogens is 2. The van der Waals surface area contributed by atoms with Gasteiger partial charge in [-0.1, -0.05) is 6.07 Å². The average Bonchev–Trinajstić information content (AvgIpc) is 3.07. The second-order valence-electron chi connectivity index (χ2n) is 4.13. The quantitative estimate of drug-likeness (QED) is 0.763. The Kier molecular flexibility index (Phi) is 2.76. The summed E-state index contributed by atoms with van der Waals surface area (Å²) in [4.78, 5) is 11.1. The molecule has 0 amide bonds. The minimum atomic E-state index is -1.13. The number of carboxylic acid groups (broad SMARTS) is 1. The Morgan fingerprint density at radius 3 is 2.70 bits per heavy atom. The van der Waals surface area contributed by atoms with Crippen molar-refractivity contribution in [3.63, 3.8) is 0 Å². The summed E-state index contributed by atoms with van der Waals surface area (Å²) in [6.07, 6.45) is 1.50. The topological polar surface area (TPSA) is 88.5 Å². The molecular weight excluding hydrogens is 260 g/mol. The van der Waals surface area contributed by atoms with Crippen molar-refractivity contribution in [3.05, 3.63) is 54.4 Å². The molecular formula is C14H10N2O4. The second kappa shape index (κ2) is 4.58. The van der Waals surface area contributed by atoms with Gasteiger partial charge in [0.05, 0.1) is 12.0 Å². The molecule has 0 aliphatic rings. The zero-order valence-electron chi connectivity index (χ0n) is 10.2. The third kappa shape index (κ3) is 2.03. The van der Waals surface area contributed by atoms with E-state index in [1.807, 2.05) is 0 Å². The second-order valence-corrected chi connectivity index (χ2v) is 4.13. The first kappa shape index (κ1) is 12.0. The SMILES string of the molecule is O=C(O)c1cc(-c2ccco2)n(-c2cccc(O)c2)n1. The number of carbonyl (C=O) groups is 1. The van der Waals surface area contributed by atoms with E-state index in [4.69, 9.17) is 9.52 Å². The van der Waals surface area contributed by atoms with Crippen molar-refractivity contribution in [3.8, 4) is 22.9 Å². The average molecular weight is 270 g/mol. The Balaban J connectivity index is 2.21. The molecule has 6 nitrogen and oxygen atoms in total. The number of nitrogens with zero attached hydrogens (tertiary/aromatic N) is 2. The molecule has 2 aromatic heterocycles. The van der Waals surface area contributed by atoms with Crippen LogP contribution in [0.5, 0.6) is 5.75 Å². The fourth-order valence-corrected chi connectivity index (χ4v) is 1.91. The fraction of sp³-hybridized carbons (Fsp3) is 0. The lowest BCUT2D eigenvalue weighted by molar-refractivity contribution is 0.0690. The molecule has 1 aromatic carbocycles. The molecule has 0 radical (unpaired) electrons. The summed E-state index contributed by atoms with van der Waals surface area (Å²) in [6.45, 7) is 0. The number of phenolic OH excluding ortho intramolecular Hbond substituents is 1. The number of aromatic hydroxyl groups is 1. The standard InChI is InChI=1S/C14H10N2O4/c17-10-4-1-3-9(7-10)16-12(13-5-2-6-20-13)8-11(15-16)14(18)19/h1-8,17H,(H,18,19). The molecule has 0 aliphatic carbocycles. The van der Waals surface area contributed by atoms with E-state index < -0.39 is 5.97 Å². The van der Waals surface area contributed by atoms with Crippen molar-refractivity contribution < 1.29 is 19.4 Å². The summed E-state index contributed by atoms with van der Waals surface area (Å²) in [5.41, 5.74) is 0.946. The van der Waals surface area contributed by atoms with Crippen molar-refractivity contribution in [1.29, 1.82) is 0 Å². The van der Waals surface area contributed by atoms with Crippen LogP contribution in [0.25, 0.3) is 17.1 Å². The predicted octanol–water partition coefficient (Wildman–Crippen LogP) is 2.54. The van der Waals surface area contributed by atoms with Gasteiger partial charge in [-0.25, -0.2) is 9.48 Å². The van der Waals surface area contributed by atoms with E-state index in [1.165, 1.54) is 29.1 Å². The summed E-state index contributed by atoms with van der Waals surface area (Å²) >= 11 is 0. The summed E-state index contributed by atoms with van der Waals surface area (Å²) in [7, 11) is 0. The monoisotopic (exact) mass is 270 g/mol. The number of aromatic carboxylic acids is 1. The van der Waals surface area contributed by atoms with Crippen molar-refractivity contribution >= 4 is 5.97 Å². The van der Waals surface area contributed by atoms with Crippen molar-refractivity contribution in [1.82, 2.24) is 9.78 Å². The maximum Gasteiger partial charge on any atom is 0.356 e. The summed E-state index contributed by atoms with van der Waals surface area (Å²) in [5.74, 6) is -0.565. The lowest BCUT2D eigenvalue weighted by Crippen LogP contribution is -2.02. The van der Waals surface area contributed by atoms with Gasteiger partial charge >= 0.3 is 5.97 Å². The molecule has 2 heterocycles. The molecule has 6 heteroatoms. The Morgan fingerprint density at radius 2 is 2.05 bits per heavy atom. The minimum absolute atomic E-state index is 0.0697. The van der Waals surface area contributed by atoms with E-state index in [0.29, 0.717) is 17.1 Å². The van der Waals surface area contributed by atoms with Gasteiger partial charge in [0.1, 0.15) is 11.4 Å². The molecule has 0 aliphatic heterocycles. The van der Waals surface area contributed by atoms with Gasteiger partial charge in [0.15, 0.2) is 11.5 Å². The first-order chi connectivity index (χ1) is 9.65. The van der Waals surface area contributed by atoms with Crippen LogP contribution in [0.2, 0.25) is 0 Å². The van der Waals surface area contributed by atoms with E-state index in [1.54, 1.807) is 24.3 Å². The number of hydrogen-bond donors (Lipinski definition) is 2. The van der Waals surface area contributed by atoms with Crippen LogP contribution in [0, 0.1) is 0 Å². The van der Waals surface area contributed by atoms with Gasteiger partial charge in [0.25, 0.3) is 0 Å². The highest BCUT2D eigenvalue weighted by Gasteiger charge is 2.17. The normalized spacial score (nSPS) is 10.6. The van der Waals surface area contributed by atoms with Gasteiger partial charge in [-0.2, -0.15) is 5.10 Å². The maximum absolute atomic E-state index is 11.1. The van der Waals surface area contributed by atoms with Crippen LogP contribution in [-0.4, -0.2) is 26.0 Å². The van der Waals surface area contributed by atoms with E-state index in [-0.39, 0.29) is 11.4 Å². The Bertz CT molecular complexity index is 759. The van der Waals surface area contributed by atoms with Crippen LogP contribution < -0.4 is 0 Å². The van der Waals surface area contributed by atoms with Gasteiger partial charge in [0.2, 0.25) is 0 Å². The van der Waals surface area contributed by atoms with E-state index in [9.17, 15) is 9.90 Å². The molecule has 0 bridgehead atoms. The zero-order valence-corrected chi connectivity index (χ0v) is 10.2. The Hall–Kier alpha value is -3.02. The smallest absolute Gasteiger partial charge is 0.356 e. The van der Waals surface area contributed by atoms with Gasteiger partial charge in [0, 0.05) is 12.1 Å². The van der Waals surface area contributed by atoms with E-state index >= 15 is 0 Å². The molecule has 2 N–H and O–H groups in total. The molecule has 3 aromatic rings. The summed E-state index contributed by atoms with van der Waals surface area (Å²) < 4.78 is 6.71. The summed E-state index contributed by atoms with van der Waals surface area (Å²) in [6, 6.07) is 11.2. The highest BCUT2D eigenvalue weighted by Crippen LogP contribution is 2.25. The third-order valence-corrected chi connectivity index (χ3v) is 2.78. The highest BCUT2D eigenvalue weighted by molar-refractivity contribution is 5.87. The molecule has 0 unspecified atom stereocenters. The minimum Gasteiger partial charge on any atom is -0.508 e. The van der Waals surface area contributed by atoms with Crippen LogP contribution >= 0.6 is 0 Å². The third-order valence-electron chi connectivity index (χ3n) is 2.78. The molecule has 3 rings (SSSR count). The lowest BCUT2D eigenvalue weighted by Gasteiger charge is -2.05. The Morgan fingerprint density at radius 1 is 1.20 bits per heavy atom. The lowest BCUT2D eigenvalue weighted by atomic mass is 10.2. The summed E-state index contributed by atoms with van der Waals surface area (Å²) in [5, 5.41) is 22.6. The zero-order chi connectivity index (χ0) is 14.1. The van der Waals surface area contributed by atoms with Gasteiger partial charge < -0.3 is 14.6 Å². The number of benzene rings is 1. The van der Waals surface area contributed by atoms with Crippen molar-refractivity contribution in [2.75, 3.05) is 0 Å². The molecule has 0 saturated carbocycles. The number of phenols is 1. The van der Waals surface area contributed by atoms with Crippen LogP contribution in [0.3, 0.4) is 0 Å². The van der Waals surface area contributed by atoms with Crippen LogP contribution in [0.1, 0.15) is 10.5 Å². The van der Waals surface area contributed by atoms with Gasteiger partial charge in [-0.3, -0.25) is 0 Å². The van der Waals surface area contributed by atoms with E-state index in [2.05, 4.69) is 5.10 Å². The van der Waals surface area contributed by atoms with Crippen LogP contribution in [0.4, 0.5) is 0 Å². The van der Waals surface area contributed by atoms with Crippen LogP contribution in [-0.2, 0) is 0 Å². The molecule has 0 fully saturated rings. The van der Waals surface area contributed by atoms with Gasteiger partial charge in [-0.05, 0) is 24.3 Å². The number of furan rings is 1. The first-order valence-corrected chi connectivity index (χ1v) is 5.82. The predicted molar refractivity (Wildman–Crippen MR) is 69.9 cm³/mol. The molecule has 100 valence electrons. The highest BCUT2D eigenvalue weighted by atomic mass is 16.4. The molecule has 0 atom stereocenters. The van der Waals surface area contributed by atoms with Crippen molar-refractivity contribution in [2.45, 2.75) is 0 Å². The number of hydrogen-bond acceptors (Lipinski definition) is 4. The van der Waals surface area contributed by atoms with Crippen molar-refractivity contribution in [2.24, 2.45) is 0 Å². The molecule has 20 heavy (non-hydrogen) atoms. The molecule has 0 saturated heterocycles.